The highest BCUT2D eigenvalue weighted by molar-refractivity contribution is 7.16. The van der Waals surface area contributed by atoms with Gasteiger partial charge in [0, 0.05) is 5.92 Å². The molecule has 300 valence electrons. The van der Waals surface area contributed by atoms with Crippen LogP contribution in [-0.2, 0) is 73.8 Å². The average Bonchev–Trinajstić information content (AvgIpc) is 3.55. The van der Waals surface area contributed by atoms with Gasteiger partial charge in [0.1, 0.15) is 36.6 Å². The normalized spacial score (nSPS) is 29.9. The number of fused-ring (bicyclic) bond motifs is 1. The Morgan fingerprint density at radius 3 is 1.48 bits per heavy atom. The summed E-state index contributed by atoms with van der Waals surface area (Å²) in [5.41, 5.74) is 4.19. The molecule has 56 heavy (non-hydrogen) atoms. The van der Waals surface area contributed by atoms with E-state index in [2.05, 4.69) is 16.2 Å². The highest BCUT2D eigenvalue weighted by Gasteiger charge is 2.58. The minimum Gasteiger partial charge on any atom is -0.374 e. The number of benzene rings is 4. The first-order valence-electron chi connectivity index (χ1n) is 19.5. The van der Waals surface area contributed by atoms with Gasteiger partial charge in [-0.3, -0.25) is 0 Å². The van der Waals surface area contributed by atoms with E-state index >= 15 is 0 Å². The zero-order valence-electron chi connectivity index (χ0n) is 32.4. The fourth-order valence-corrected chi connectivity index (χ4v) is 7.78. The summed E-state index contributed by atoms with van der Waals surface area (Å²) in [4.78, 5) is 0. The van der Waals surface area contributed by atoms with Crippen LogP contribution in [0.25, 0.3) is 0 Å². The summed E-state index contributed by atoms with van der Waals surface area (Å²) in [6.07, 6.45) is -4.89. The number of ether oxygens (including phenoxy) is 10. The second kappa shape index (κ2) is 20.1. The Morgan fingerprint density at radius 1 is 0.518 bits per heavy atom. The number of rotatable bonds is 18. The quantitative estimate of drug-likeness (QED) is 0.0949. The second-order valence-corrected chi connectivity index (χ2v) is 15.3. The summed E-state index contributed by atoms with van der Waals surface area (Å²) in [5.74, 6) is -1.10. The molecule has 4 aromatic rings. The van der Waals surface area contributed by atoms with E-state index in [0.717, 1.165) is 22.3 Å². The van der Waals surface area contributed by atoms with Crippen LogP contribution in [0, 0.1) is 5.92 Å². The van der Waals surface area contributed by atoms with Crippen LogP contribution >= 0.6 is 9.24 Å². The van der Waals surface area contributed by atoms with Crippen molar-refractivity contribution in [2.45, 2.75) is 108 Å². The van der Waals surface area contributed by atoms with Crippen molar-refractivity contribution in [3.8, 4) is 0 Å². The molecule has 0 radical (unpaired) electrons. The molecule has 0 aromatic heterocycles. The van der Waals surface area contributed by atoms with Crippen LogP contribution in [-0.4, -0.2) is 80.7 Å². The Kier molecular flexibility index (Phi) is 14.7. The van der Waals surface area contributed by atoms with Crippen molar-refractivity contribution >= 4 is 9.24 Å². The SMILES string of the molecule is CC1C(OCc2ccccc2)[C@H](OCP)O[C@@H](COCc2ccccc2)[C@H]1O[C@@H]1OC(COCc2ccccc2)[C@@H]2OC(C)(C)O[C@@H]2C1OCc1ccccc1. The molecule has 3 heterocycles. The smallest absolute Gasteiger partial charge is 0.187 e. The predicted octanol–water partition coefficient (Wildman–Crippen LogP) is 7.43. The lowest BCUT2D eigenvalue weighted by atomic mass is 9.90. The lowest BCUT2D eigenvalue weighted by molar-refractivity contribution is -0.353. The lowest BCUT2D eigenvalue weighted by Gasteiger charge is -2.48. The number of hydrogen-bond acceptors (Lipinski definition) is 10. The Morgan fingerprint density at radius 2 is 0.964 bits per heavy atom. The third kappa shape index (κ3) is 10.9. The third-order valence-electron chi connectivity index (χ3n) is 10.3. The van der Waals surface area contributed by atoms with E-state index in [-0.39, 0.29) is 19.1 Å². The van der Waals surface area contributed by atoms with E-state index < -0.39 is 61.1 Å². The van der Waals surface area contributed by atoms with Crippen LogP contribution < -0.4 is 0 Å². The summed E-state index contributed by atoms with van der Waals surface area (Å²) in [6, 6.07) is 40.3. The standard InChI is InChI=1S/C45H55O10P/c1-31-38(36(28-46-24-32-16-8-4-9-17-32)51-43(50-30-56)39(31)48-26-34-20-12-6-13-21-34)53-44-42(49-27-35-22-14-7-15-23-35)41-40(54-45(2,3)55-41)37(52-44)29-47-25-33-18-10-5-11-19-33/h4-23,31,36-44H,24-30,56H2,1-3H3/t31?,36-,37?,38-,39?,40-,41-,42?,43+,44-/m0/s1. The molecule has 3 fully saturated rings. The van der Waals surface area contributed by atoms with Crippen LogP contribution in [0.2, 0.25) is 0 Å². The Balaban J connectivity index is 1.16. The van der Waals surface area contributed by atoms with Crippen LogP contribution in [0.15, 0.2) is 121 Å². The molecule has 0 saturated carbocycles. The molecule has 11 heteroatoms. The van der Waals surface area contributed by atoms with Gasteiger partial charge < -0.3 is 47.4 Å². The molecule has 0 spiro atoms. The summed E-state index contributed by atoms with van der Waals surface area (Å²) >= 11 is 0. The summed E-state index contributed by atoms with van der Waals surface area (Å²) in [6.45, 7) is 7.98. The maximum Gasteiger partial charge on any atom is 0.187 e. The molecule has 3 aliphatic heterocycles. The molecule has 7 rings (SSSR count). The number of hydrogen-bond donors (Lipinski definition) is 0. The van der Waals surface area contributed by atoms with Crippen molar-refractivity contribution in [3.63, 3.8) is 0 Å². The van der Waals surface area contributed by atoms with Crippen LogP contribution in [0.3, 0.4) is 0 Å². The molecule has 3 saturated heterocycles. The van der Waals surface area contributed by atoms with Gasteiger partial charge in [0.2, 0.25) is 0 Å². The molecule has 0 bridgehead atoms. The Hall–Kier alpha value is -3.09. The van der Waals surface area contributed by atoms with Crippen molar-refractivity contribution in [2.24, 2.45) is 5.92 Å². The highest BCUT2D eigenvalue weighted by atomic mass is 31.0. The Bertz CT molecular complexity index is 1720. The van der Waals surface area contributed by atoms with E-state index in [1.165, 1.54) is 0 Å². The molecule has 5 unspecified atom stereocenters. The molecular formula is C45H55O10P. The molecule has 0 amide bonds. The van der Waals surface area contributed by atoms with Crippen molar-refractivity contribution < 1.29 is 47.4 Å². The van der Waals surface area contributed by atoms with Gasteiger partial charge in [-0.2, -0.15) is 0 Å². The molecule has 11 atom stereocenters. The van der Waals surface area contributed by atoms with Crippen LogP contribution in [0.1, 0.15) is 43.0 Å². The van der Waals surface area contributed by atoms with Gasteiger partial charge >= 0.3 is 0 Å². The molecule has 10 nitrogen and oxygen atoms in total. The monoisotopic (exact) mass is 786 g/mol. The maximum atomic E-state index is 7.16. The van der Waals surface area contributed by atoms with E-state index in [1.807, 2.05) is 135 Å². The molecule has 4 aromatic carbocycles. The summed E-state index contributed by atoms with van der Waals surface area (Å²) in [5, 5.41) is 0. The van der Waals surface area contributed by atoms with Gasteiger partial charge in [0.05, 0.1) is 52.1 Å². The van der Waals surface area contributed by atoms with Gasteiger partial charge in [0.25, 0.3) is 0 Å². The molecular weight excluding hydrogens is 731 g/mol. The first-order chi connectivity index (χ1) is 27.4. The topological polar surface area (TPSA) is 92.3 Å². The first kappa shape index (κ1) is 41.1. The van der Waals surface area contributed by atoms with E-state index in [9.17, 15) is 0 Å². The lowest BCUT2D eigenvalue weighted by Crippen LogP contribution is -2.63. The Labute approximate surface area is 333 Å². The predicted molar refractivity (Wildman–Crippen MR) is 213 cm³/mol. The zero-order chi connectivity index (χ0) is 38.7. The van der Waals surface area contributed by atoms with E-state index in [4.69, 9.17) is 47.4 Å². The maximum absolute atomic E-state index is 7.16. The highest BCUT2D eigenvalue weighted by Crippen LogP contribution is 2.42. The van der Waals surface area contributed by atoms with Crippen molar-refractivity contribution in [1.29, 1.82) is 0 Å². The van der Waals surface area contributed by atoms with Crippen molar-refractivity contribution in [1.82, 2.24) is 0 Å². The third-order valence-corrected chi connectivity index (χ3v) is 10.5. The molecule has 0 aliphatic carbocycles. The fourth-order valence-electron chi connectivity index (χ4n) is 7.59. The zero-order valence-corrected chi connectivity index (χ0v) is 33.6. The van der Waals surface area contributed by atoms with Crippen LogP contribution in [0.4, 0.5) is 0 Å². The average molecular weight is 787 g/mol. The van der Waals surface area contributed by atoms with Gasteiger partial charge in [-0.25, -0.2) is 0 Å². The minimum absolute atomic E-state index is 0.222. The van der Waals surface area contributed by atoms with Gasteiger partial charge in [0.15, 0.2) is 18.4 Å². The fraction of sp³-hybridized carbons (Fsp3) is 0.467. The van der Waals surface area contributed by atoms with Gasteiger partial charge in [-0.15, -0.1) is 9.24 Å². The van der Waals surface area contributed by atoms with Gasteiger partial charge in [-0.05, 0) is 36.1 Å². The van der Waals surface area contributed by atoms with E-state index in [0.29, 0.717) is 32.8 Å². The van der Waals surface area contributed by atoms with Gasteiger partial charge in [-0.1, -0.05) is 128 Å². The van der Waals surface area contributed by atoms with Crippen molar-refractivity contribution in [3.05, 3.63) is 144 Å². The summed E-state index contributed by atoms with van der Waals surface area (Å²) in [7, 11) is 2.62. The minimum atomic E-state index is -0.885. The molecule has 0 N–H and O–H groups in total. The van der Waals surface area contributed by atoms with E-state index in [1.54, 1.807) is 0 Å². The largest absolute Gasteiger partial charge is 0.374 e. The second-order valence-electron chi connectivity index (χ2n) is 15.0. The summed E-state index contributed by atoms with van der Waals surface area (Å²) < 4.78 is 66.0. The molecule has 3 aliphatic rings. The first-order valence-corrected chi connectivity index (χ1v) is 20.4. The van der Waals surface area contributed by atoms with Crippen molar-refractivity contribution in [2.75, 3.05) is 19.6 Å². The van der Waals surface area contributed by atoms with Crippen LogP contribution in [0.5, 0.6) is 0 Å².